The van der Waals surface area contributed by atoms with Crippen molar-refractivity contribution in [3.63, 3.8) is 0 Å². The average molecular weight is 228 g/mol. The lowest BCUT2D eigenvalue weighted by molar-refractivity contribution is 0.0904. The summed E-state index contributed by atoms with van der Waals surface area (Å²) < 4.78 is 5.36. The van der Waals surface area contributed by atoms with E-state index in [0.29, 0.717) is 6.04 Å². The molecule has 3 heteroatoms. The van der Waals surface area contributed by atoms with Crippen LogP contribution in [0.4, 0.5) is 5.82 Å². The molecule has 1 aliphatic heterocycles. The third-order valence-corrected chi connectivity index (χ3v) is 3.24. The summed E-state index contributed by atoms with van der Waals surface area (Å²) in [6.45, 7) is 1.70. The van der Waals surface area contributed by atoms with Gasteiger partial charge in [0.05, 0.1) is 0 Å². The number of nitrogens with zero attached hydrogens (tertiary/aromatic N) is 1. The number of hydrogen-bond donors (Lipinski definition) is 1. The minimum atomic E-state index is 0.488. The van der Waals surface area contributed by atoms with Gasteiger partial charge in [0.1, 0.15) is 5.82 Å². The average Bonchev–Trinajstić information content (AvgIpc) is 2.40. The fourth-order valence-corrected chi connectivity index (χ4v) is 2.27. The number of aromatic nitrogens is 1. The summed E-state index contributed by atoms with van der Waals surface area (Å²) in [5, 5.41) is 5.96. The summed E-state index contributed by atoms with van der Waals surface area (Å²) in [6, 6.07) is 10.9. The van der Waals surface area contributed by atoms with Crippen LogP contribution in [0, 0.1) is 0 Å². The number of anilines is 1. The zero-order valence-electron chi connectivity index (χ0n) is 9.73. The van der Waals surface area contributed by atoms with Gasteiger partial charge in [-0.2, -0.15) is 0 Å². The summed E-state index contributed by atoms with van der Waals surface area (Å²) in [5.74, 6) is 0.995. The molecule has 1 N–H and O–H groups in total. The van der Waals surface area contributed by atoms with Gasteiger partial charge in [-0.25, -0.2) is 4.98 Å². The first-order chi connectivity index (χ1) is 8.43. The standard InChI is InChI=1S/C14H16N2O/c1-2-4-13-11(3-1)5-8-15-14(13)16-12-6-9-17-10-7-12/h1-5,8,12H,6-7,9-10H2,(H,15,16). The van der Waals surface area contributed by atoms with E-state index in [0.717, 1.165) is 31.9 Å². The predicted octanol–water partition coefficient (Wildman–Crippen LogP) is 2.83. The van der Waals surface area contributed by atoms with Crippen LogP contribution in [0.2, 0.25) is 0 Å². The van der Waals surface area contributed by atoms with Crippen LogP contribution >= 0.6 is 0 Å². The predicted molar refractivity (Wildman–Crippen MR) is 69.2 cm³/mol. The first kappa shape index (κ1) is 10.5. The molecule has 1 fully saturated rings. The number of hydrogen-bond acceptors (Lipinski definition) is 3. The summed E-state index contributed by atoms with van der Waals surface area (Å²) >= 11 is 0. The molecule has 0 amide bonds. The maximum atomic E-state index is 5.36. The molecule has 3 nitrogen and oxygen atoms in total. The minimum absolute atomic E-state index is 0.488. The number of ether oxygens (including phenoxy) is 1. The van der Waals surface area contributed by atoms with E-state index in [-0.39, 0.29) is 0 Å². The summed E-state index contributed by atoms with van der Waals surface area (Å²) in [6.07, 6.45) is 3.99. The largest absolute Gasteiger partial charge is 0.381 e. The van der Waals surface area contributed by atoms with Gasteiger partial charge in [-0.1, -0.05) is 24.3 Å². The zero-order chi connectivity index (χ0) is 11.5. The normalized spacial score (nSPS) is 17.2. The van der Waals surface area contributed by atoms with Crippen LogP contribution in [0.5, 0.6) is 0 Å². The summed E-state index contributed by atoms with van der Waals surface area (Å²) in [5.41, 5.74) is 0. The van der Waals surface area contributed by atoms with E-state index in [1.165, 1.54) is 10.8 Å². The van der Waals surface area contributed by atoms with Gasteiger partial charge in [0, 0.05) is 30.8 Å². The molecule has 3 rings (SSSR count). The Kier molecular flexibility index (Phi) is 2.92. The molecule has 0 saturated carbocycles. The minimum Gasteiger partial charge on any atom is -0.381 e. The van der Waals surface area contributed by atoms with Crippen molar-refractivity contribution in [2.75, 3.05) is 18.5 Å². The Morgan fingerprint density at radius 2 is 1.94 bits per heavy atom. The van der Waals surface area contributed by atoms with Crippen LogP contribution in [0.25, 0.3) is 10.8 Å². The van der Waals surface area contributed by atoms with Crippen LogP contribution < -0.4 is 5.32 Å². The van der Waals surface area contributed by atoms with E-state index in [9.17, 15) is 0 Å². The Morgan fingerprint density at radius 3 is 2.82 bits per heavy atom. The van der Waals surface area contributed by atoms with Crippen molar-refractivity contribution in [2.45, 2.75) is 18.9 Å². The first-order valence-electron chi connectivity index (χ1n) is 6.11. The molecule has 0 aliphatic carbocycles. The molecular formula is C14H16N2O. The van der Waals surface area contributed by atoms with Crippen LogP contribution in [0.15, 0.2) is 36.5 Å². The summed E-state index contributed by atoms with van der Waals surface area (Å²) in [7, 11) is 0. The highest BCUT2D eigenvalue weighted by atomic mass is 16.5. The first-order valence-corrected chi connectivity index (χ1v) is 6.11. The van der Waals surface area contributed by atoms with Crippen molar-refractivity contribution in [3.05, 3.63) is 36.5 Å². The SMILES string of the molecule is c1ccc2c(NC3CCOCC3)nccc2c1. The maximum Gasteiger partial charge on any atom is 0.134 e. The van der Waals surface area contributed by atoms with Crippen LogP contribution in [0.1, 0.15) is 12.8 Å². The number of pyridine rings is 1. The molecular weight excluding hydrogens is 212 g/mol. The highest BCUT2D eigenvalue weighted by molar-refractivity contribution is 5.91. The van der Waals surface area contributed by atoms with E-state index in [2.05, 4.69) is 34.6 Å². The van der Waals surface area contributed by atoms with Crippen molar-refractivity contribution in [1.82, 2.24) is 4.98 Å². The molecule has 2 heterocycles. The number of fused-ring (bicyclic) bond motifs is 1. The number of nitrogens with one attached hydrogen (secondary N) is 1. The zero-order valence-corrected chi connectivity index (χ0v) is 9.73. The van der Waals surface area contributed by atoms with E-state index >= 15 is 0 Å². The van der Waals surface area contributed by atoms with Crippen LogP contribution in [0.3, 0.4) is 0 Å². The van der Waals surface area contributed by atoms with Gasteiger partial charge in [-0.05, 0) is 24.3 Å². The number of rotatable bonds is 2. The molecule has 1 saturated heterocycles. The van der Waals surface area contributed by atoms with E-state index in [4.69, 9.17) is 4.74 Å². The Morgan fingerprint density at radius 1 is 1.12 bits per heavy atom. The molecule has 0 unspecified atom stereocenters. The molecule has 1 aliphatic rings. The molecule has 2 aromatic rings. The maximum absolute atomic E-state index is 5.36. The van der Waals surface area contributed by atoms with Crippen LogP contribution in [-0.2, 0) is 4.74 Å². The Labute approximate surface area is 101 Å². The van der Waals surface area contributed by atoms with E-state index in [1.54, 1.807) is 0 Å². The van der Waals surface area contributed by atoms with E-state index < -0.39 is 0 Å². The quantitative estimate of drug-likeness (QED) is 0.858. The molecule has 17 heavy (non-hydrogen) atoms. The van der Waals surface area contributed by atoms with Crippen molar-refractivity contribution in [2.24, 2.45) is 0 Å². The number of benzene rings is 1. The summed E-state index contributed by atoms with van der Waals surface area (Å²) in [4.78, 5) is 4.45. The van der Waals surface area contributed by atoms with Gasteiger partial charge < -0.3 is 10.1 Å². The van der Waals surface area contributed by atoms with Crippen molar-refractivity contribution in [1.29, 1.82) is 0 Å². The van der Waals surface area contributed by atoms with Crippen molar-refractivity contribution < 1.29 is 4.74 Å². The fourth-order valence-electron chi connectivity index (χ4n) is 2.27. The van der Waals surface area contributed by atoms with Gasteiger partial charge in [0.2, 0.25) is 0 Å². The third kappa shape index (κ3) is 2.24. The molecule has 1 aromatic carbocycles. The molecule has 0 atom stereocenters. The van der Waals surface area contributed by atoms with Crippen molar-refractivity contribution in [3.8, 4) is 0 Å². The topological polar surface area (TPSA) is 34.1 Å². The van der Waals surface area contributed by atoms with Gasteiger partial charge in [0.15, 0.2) is 0 Å². The lowest BCUT2D eigenvalue weighted by Crippen LogP contribution is -2.28. The molecule has 0 bridgehead atoms. The van der Waals surface area contributed by atoms with Crippen molar-refractivity contribution >= 4 is 16.6 Å². The Bertz CT molecular complexity index is 501. The smallest absolute Gasteiger partial charge is 0.134 e. The monoisotopic (exact) mass is 228 g/mol. The second kappa shape index (κ2) is 4.72. The Hall–Kier alpha value is -1.61. The molecule has 88 valence electrons. The van der Waals surface area contributed by atoms with Gasteiger partial charge in [0.25, 0.3) is 0 Å². The second-order valence-electron chi connectivity index (χ2n) is 4.41. The molecule has 1 aromatic heterocycles. The van der Waals surface area contributed by atoms with Crippen LogP contribution in [-0.4, -0.2) is 24.2 Å². The van der Waals surface area contributed by atoms with Gasteiger partial charge in [-0.15, -0.1) is 0 Å². The highest BCUT2D eigenvalue weighted by Crippen LogP contribution is 2.22. The highest BCUT2D eigenvalue weighted by Gasteiger charge is 2.14. The molecule has 0 radical (unpaired) electrons. The van der Waals surface area contributed by atoms with Gasteiger partial charge in [-0.3, -0.25) is 0 Å². The third-order valence-electron chi connectivity index (χ3n) is 3.24. The van der Waals surface area contributed by atoms with E-state index in [1.807, 2.05) is 12.3 Å². The second-order valence-corrected chi connectivity index (χ2v) is 4.41. The lowest BCUT2D eigenvalue weighted by Gasteiger charge is -2.24. The fraction of sp³-hybridized carbons (Fsp3) is 0.357. The van der Waals surface area contributed by atoms with Gasteiger partial charge >= 0.3 is 0 Å². The Balaban J connectivity index is 1.89. The lowest BCUT2D eigenvalue weighted by atomic mass is 10.1. The molecule has 0 spiro atoms.